The van der Waals surface area contributed by atoms with E-state index in [4.69, 9.17) is 10.2 Å². The maximum atomic E-state index is 5.39. The molecule has 0 spiro atoms. The summed E-state index contributed by atoms with van der Waals surface area (Å²) in [5, 5.41) is 0. The molecule has 0 saturated heterocycles. The van der Waals surface area contributed by atoms with Crippen molar-refractivity contribution in [1.29, 1.82) is 0 Å². The molecule has 0 aliphatic rings. The molecule has 0 unspecified atom stereocenters. The average Bonchev–Trinajstić information content (AvgIpc) is 2.34. The van der Waals surface area contributed by atoms with Crippen LogP contribution in [-0.4, -0.2) is 6.54 Å². The van der Waals surface area contributed by atoms with Crippen LogP contribution in [0.1, 0.15) is 11.3 Å². The van der Waals surface area contributed by atoms with Crippen LogP contribution in [0.4, 0.5) is 0 Å². The molecule has 1 aromatic heterocycles. The molecule has 2 heteroatoms. The number of hydrogen-bond donors (Lipinski definition) is 1. The van der Waals surface area contributed by atoms with E-state index in [0.29, 0.717) is 6.54 Å². The predicted octanol–water partition coefficient (Wildman–Crippen LogP) is 1.56. The summed E-state index contributed by atoms with van der Waals surface area (Å²) in [6.45, 7) is 6.18. The molecule has 0 amide bonds. The van der Waals surface area contributed by atoms with Crippen LogP contribution in [0.25, 0.3) is 5.57 Å². The van der Waals surface area contributed by atoms with Gasteiger partial charge in [0, 0.05) is 12.1 Å². The third-order valence-corrected chi connectivity index (χ3v) is 1.49. The first kappa shape index (κ1) is 7.09. The fourth-order valence-electron chi connectivity index (χ4n) is 0.862. The maximum absolute atomic E-state index is 5.39. The van der Waals surface area contributed by atoms with Gasteiger partial charge in [-0.2, -0.15) is 0 Å². The van der Waals surface area contributed by atoms with Gasteiger partial charge in [-0.25, -0.2) is 0 Å². The lowest BCUT2D eigenvalue weighted by molar-refractivity contribution is 0.533. The van der Waals surface area contributed by atoms with Crippen LogP contribution in [0, 0.1) is 6.92 Å². The van der Waals surface area contributed by atoms with Crippen LogP contribution < -0.4 is 5.73 Å². The topological polar surface area (TPSA) is 39.2 Å². The SMILES string of the molecule is C=C(CN)c1ccoc1C. The molecular formula is C8H11NO. The number of aryl methyl sites for hydroxylation is 1. The highest BCUT2D eigenvalue weighted by Gasteiger charge is 2.02. The molecule has 0 aromatic carbocycles. The quantitative estimate of drug-likeness (QED) is 0.671. The van der Waals surface area contributed by atoms with Crippen LogP contribution in [0.5, 0.6) is 0 Å². The van der Waals surface area contributed by atoms with Gasteiger partial charge in [0.15, 0.2) is 0 Å². The van der Waals surface area contributed by atoms with Gasteiger partial charge in [0.2, 0.25) is 0 Å². The van der Waals surface area contributed by atoms with Gasteiger partial charge in [-0.15, -0.1) is 0 Å². The maximum Gasteiger partial charge on any atom is 0.108 e. The first-order chi connectivity index (χ1) is 4.75. The van der Waals surface area contributed by atoms with E-state index in [-0.39, 0.29) is 0 Å². The van der Waals surface area contributed by atoms with Crippen LogP contribution in [-0.2, 0) is 0 Å². The molecule has 0 aliphatic heterocycles. The normalized spacial score (nSPS) is 9.80. The van der Waals surface area contributed by atoms with Crippen molar-refractivity contribution in [2.45, 2.75) is 6.92 Å². The number of rotatable bonds is 2. The van der Waals surface area contributed by atoms with Gasteiger partial charge in [0.1, 0.15) is 5.76 Å². The fraction of sp³-hybridized carbons (Fsp3) is 0.250. The van der Waals surface area contributed by atoms with Crippen molar-refractivity contribution in [1.82, 2.24) is 0 Å². The van der Waals surface area contributed by atoms with E-state index < -0.39 is 0 Å². The Balaban J connectivity index is 2.93. The summed E-state index contributed by atoms with van der Waals surface area (Å²) >= 11 is 0. The standard InChI is InChI=1S/C8H11NO/c1-6(5-9)8-3-4-10-7(8)2/h3-4H,1,5,9H2,2H3. The minimum atomic E-state index is 0.486. The van der Waals surface area contributed by atoms with Gasteiger partial charge >= 0.3 is 0 Å². The summed E-state index contributed by atoms with van der Waals surface area (Å²) in [5.41, 5.74) is 7.34. The molecule has 0 bridgehead atoms. The van der Waals surface area contributed by atoms with Crippen LogP contribution in [0.3, 0.4) is 0 Å². The van der Waals surface area contributed by atoms with Crippen molar-refractivity contribution in [2.75, 3.05) is 6.54 Å². The second-order valence-electron chi connectivity index (χ2n) is 2.20. The highest BCUT2D eigenvalue weighted by atomic mass is 16.3. The Morgan fingerprint density at radius 1 is 1.80 bits per heavy atom. The number of hydrogen-bond acceptors (Lipinski definition) is 2. The summed E-state index contributed by atoms with van der Waals surface area (Å²) in [6.07, 6.45) is 1.64. The zero-order valence-electron chi connectivity index (χ0n) is 6.05. The van der Waals surface area contributed by atoms with Gasteiger partial charge in [-0.05, 0) is 18.6 Å². The van der Waals surface area contributed by atoms with Crippen molar-refractivity contribution in [3.8, 4) is 0 Å². The van der Waals surface area contributed by atoms with Gasteiger partial charge in [0.05, 0.1) is 6.26 Å². The average molecular weight is 137 g/mol. The molecule has 2 nitrogen and oxygen atoms in total. The highest BCUT2D eigenvalue weighted by Crippen LogP contribution is 2.16. The highest BCUT2D eigenvalue weighted by molar-refractivity contribution is 5.65. The summed E-state index contributed by atoms with van der Waals surface area (Å²) in [5.74, 6) is 0.885. The van der Waals surface area contributed by atoms with Gasteiger partial charge in [-0.1, -0.05) is 6.58 Å². The third kappa shape index (κ3) is 1.11. The lowest BCUT2D eigenvalue weighted by Crippen LogP contribution is -2.00. The second-order valence-corrected chi connectivity index (χ2v) is 2.20. The molecule has 1 aromatic rings. The molecule has 10 heavy (non-hydrogen) atoms. The summed E-state index contributed by atoms with van der Waals surface area (Å²) in [7, 11) is 0. The van der Waals surface area contributed by atoms with E-state index in [0.717, 1.165) is 16.9 Å². The molecule has 0 radical (unpaired) electrons. The van der Waals surface area contributed by atoms with Gasteiger partial charge in [-0.3, -0.25) is 0 Å². The molecule has 0 atom stereocenters. The van der Waals surface area contributed by atoms with E-state index in [1.165, 1.54) is 0 Å². The van der Waals surface area contributed by atoms with Crippen molar-refractivity contribution >= 4 is 5.57 Å². The third-order valence-electron chi connectivity index (χ3n) is 1.49. The molecule has 0 saturated carbocycles. The number of nitrogens with two attached hydrogens (primary N) is 1. The Morgan fingerprint density at radius 3 is 2.90 bits per heavy atom. The summed E-state index contributed by atoms with van der Waals surface area (Å²) in [4.78, 5) is 0. The van der Waals surface area contributed by atoms with Crippen molar-refractivity contribution < 1.29 is 4.42 Å². The van der Waals surface area contributed by atoms with E-state index >= 15 is 0 Å². The summed E-state index contributed by atoms with van der Waals surface area (Å²) < 4.78 is 5.07. The molecule has 54 valence electrons. The fourth-order valence-corrected chi connectivity index (χ4v) is 0.862. The minimum absolute atomic E-state index is 0.486. The Hall–Kier alpha value is -1.02. The monoisotopic (exact) mass is 137 g/mol. The smallest absolute Gasteiger partial charge is 0.108 e. The molecule has 0 aliphatic carbocycles. The zero-order chi connectivity index (χ0) is 7.56. The van der Waals surface area contributed by atoms with Crippen LogP contribution in [0.15, 0.2) is 23.3 Å². The zero-order valence-corrected chi connectivity index (χ0v) is 6.05. The Morgan fingerprint density at radius 2 is 2.50 bits per heavy atom. The second kappa shape index (κ2) is 2.71. The molecule has 2 N–H and O–H groups in total. The van der Waals surface area contributed by atoms with E-state index in [2.05, 4.69) is 6.58 Å². The van der Waals surface area contributed by atoms with Crippen molar-refractivity contribution in [3.05, 3.63) is 30.2 Å². The van der Waals surface area contributed by atoms with Gasteiger partial charge in [0.25, 0.3) is 0 Å². The van der Waals surface area contributed by atoms with Crippen LogP contribution >= 0.6 is 0 Å². The van der Waals surface area contributed by atoms with E-state index in [1.54, 1.807) is 6.26 Å². The number of furan rings is 1. The molecule has 1 heterocycles. The molecule has 1 rings (SSSR count). The lowest BCUT2D eigenvalue weighted by atomic mass is 10.1. The first-order valence-electron chi connectivity index (χ1n) is 3.18. The Labute approximate surface area is 60.3 Å². The molecular weight excluding hydrogens is 126 g/mol. The predicted molar refractivity (Wildman–Crippen MR) is 41.5 cm³/mol. The minimum Gasteiger partial charge on any atom is -0.469 e. The van der Waals surface area contributed by atoms with E-state index in [1.807, 2.05) is 13.0 Å². The van der Waals surface area contributed by atoms with Gasteiger partial charge < -0.3 is 10.2 Å². The molecule has 0 fully saturated rings. The Bertz CT molecular complexity index is 237. The largest absolute Gasteiger partial charge is 0.469 e. The van der Waals surface area contributed by atoms with E-state index in [9.17, 15) is 0 Å². The summed E-state index contributed by atoms with van der Waals surface area (Å²) in [6, 6.07) is 1.88. The first-order valence-corrected chi connectivity index (χ1v) is 3.18. The lowest BCUT2D eigenvalue weighted by Gasteiger charge is -1.97. The van der Waals surface area contributed by atoms with Crippen LogP contribution in [0.2, 0.25) is 0 Å². The van der Waals surface area contributed by atoms with Crippen molar-refractivity contribution in [3.63, 3.8) is 0 Å². The van der Waals surface area contributed by atoms with Crippen molar-refractivity contribution in [2.24, 2.45) is 5.73 Å². The Kier molecular flexibility index (Phi) is 1.92.